The number of methoxy groups -OCH3 is 1. The van der Waals surface area contributed by atoms with Crippen LogP contribution in [0.4, 0.5) is 0 Å². The van der Waals surface area contributed by atoms with Gasteiger partial charge in [-0.25, -0.2) is 13.1 Å². The maximum Gasteiger partial charge on any atom is 0.251 e. The third-order valence-electron chi connectivity index (χ3n) is 5.00. The average molecular weight is 453 g/mol. The zero-order valence-electron chi connectivity index (χ0n) is 17.6. The molecule has 1 amide bonds. The van der Waals surface area contributed by atoms with Crippen LogP contribution in [0, 0.1) is 0 Å². The number of carbonyl (C=O) groups is 1. The SMILES string of the molecule is COc1ccc(C(=O)NCc2ccccc2Oc2ccccc2)cc1S(=O)(=O)NC1CC1. The van der Waals surface area contributed by atoms with E-state index in [0.717, 1.165) is 18.4 Å². The number of hydrogen-bond donors (Lipinski definition) is 2. The topological polar surface area (TPSA) is 93.7 Å². The minimum atomic E-state index is -3.78. The molecule has 0 heterocycles. The quantitative estimate of drug-likeness (QED) is 0.514. The van der Waals surface area contributed by atoms with Crippen molar-refractivity contribution in [3.05, 3.63) is 83.9 Å². The van der Waals surface area contributed by atoms with Crippen molar-refractivity contribution in [1.29, 1.82) is 0 Å². The van der Waals surface area contributed by atoms with Gasteiger partial charge in [0.05, 0.1) is 7.11 Å². The number of ether oxygens (including phenoxy) is 2. The zero-order chi connectivity index (χ0) is 22.6. The van der Waals surface area contributed by atoms with E-state index in [-0.39, 0.29) is 28.8 Å². The minimum absolute atomic E-state index is 0.0487. The van der Waals surface area contributed by atoms with Gasteiger partial charge in [-0.2, -0.15) is 0 Å². The predicted octanol–water partition coefficient (Wildman–Crippen LogP) is 3.86. The lowest BCUT2D eigenvalue weighted by molar-refractivity contribution is 0.0950. The van der Waals surface area contributed by atoms with Gasteiger partial charge in [0.2, 0.25) is 10.0 Å². The third-order valence-corrected chi connectivity index (χ3v) is 6.54. The summed E-state index contributed by atoms with van der Waals surface area (Å²) < 4.78 is 39.1. The first kappa shape index (κ1) is 21.9. The zero-order valence-corrected chi connectivity index (χ0v) is 18.4. The lowest BCUT2D eigenvalue weighted by atomic mass is 10.1. The normalized spacial score (nSPS) is 13.4. The van der Waals surface area contributed by atoms with Crippen molar-refractivity contribution in [3.8, 4) is 17.2 Å². The average Bonchev–Trinajstić information content (AvgIpc) is 3.62. The van der Waals surface area contributed by atoms with Crippen LogP contribution in [0.25, 0.3) is 0 Å². The summed E-state index contributed by atoms with van der Waals surface area (Å²) in [6, 6.07) is 21.1. The van der Waals surface area contributed by atoms with Gasteiger partial charge in [0.15, 0.2) is 0 Å². The molecular formula is C24H24N2O5S. The highest BCUT2D eigenvalue weighted by atomic mass is 32.2. The van der Waals surface area contributed by atoms with E-state index in [9.17, 15) is 13.2 Å². The molecule has 0 radical (unpaired) electrons. The fourth-order valence-corrected chi connectivity index (χ4v) is 4.65. The summed E-state index contributed by atoms with van der Waals surface area (Å²) in [4.78, 5) is 12.7. The van der Waals surface area contributed by atoms with E-state index in [1.54, 1.807) is 0 Å². The lowest BCUT2D eigenvalue weighted by Gasteiger charge is -2.14. The molecule has 0 aromatic heterocycles. The Bertz CT molecular complexity index is 1210. The summed E-state index contributed by atoms with van der Waals surface area (Å²) in [6.07, 6.45) is 1.62. The first-order valence-electron chi connectivity index (χ1n) is 10.3. The highest BCUT2D eigenvalue weighted by Crippen LogP contribution is 2.29. The van der Waals surface area contributed by atoms with Crippen molar-refractivity contribution < 1.29 is 22.7 Å². The molecule has 32 heavy (non-hydrogen) atoms. The lowest BCUT2D eigenvalue weighted by Crippen LogP contribution is -2.27. The second kappa shape index (κ2) is 9.42. The molecule has 1 aliphatic rings. The number of amides is 1. The Balaban J connectivity index is 1.50. The van der Waals surface area contributed by atoms with Crippen LogP contribution < -0.4 is 19.5 Å². The fraction of sp³-hybridized carbons (Fsp3) is 0.208. The summed E-state index contributed by atoms with van der Waals surface area (Å²) >= 11 is 0. The van der Waals surface area contributed by atoms with Crippen LogP contribution in [0.3, 0.4) is 0 Å². The highest BCUT2D eigenvalue weighted by molar-refractivity contribution is 7.89. The second-order valence-corrected chi connectivity index (χ2v) is 9.15. The van der Waals surface area contributed by atoms with Gasteiger partial charge in [0.25, 0.3) is 5.91 Å². The van der Waals surface area contributed by atoms with Gasteiger partial charge in [-0.15, -0.1) is 0 Å². The van der Waals surface area contributed by atoms with E-state index in [0.29, 0.717) is 11.5 Å². The number of benzene rings is 3. The van der Waals surface area contributed by atoms with E-state index in [1.807, 2.05) is 54.6 Å². The van der Waals surface area contributed by atoms with Crippen LogP contribution >= 0.6 is 0 Å². The van der Waals surface area contributed by atoms with Crippen molar-refractivity contribution in [3.63, 3.8) is 0 Å². The van der Waals surface area contributed by atoms with E-state index < -0.39 is 15.9 Å². The Hall–Kier alpha value is -3.36. The van der Waals surface area contributed by atoms with E-state index in [1.165, 1.54) is 25.3 Å². The summed E-state index contributed by atoms with van der Waals surface area (Å²) in [5, 5.41) is 2.84. The van der Waals surface area contributed by atoms with Crippen LogP contribution in [-0.2, 0) is 16.6 Å². The van der Waals surface area contributed by atoms with Gasteiger partial charge < -0.3 is 14.8 Å². The van der Waals surface area contributed by atoms with Crippen LogP contribution in [0.15, 0.2) is 77.7 Å². The monoisotopic (exact) mass is 452 g/mol. The molecule has 3 aromatic rings. The molecule has 0 aliphatic heterocycles. The summed E-state index contributed by atoms with van der Waals surface area (Å²) in [5.41, 5.74) is 1.02. The number of rotatable bonds is 9. The molecule has 1 saturated carbocycles. The number of sulfonamides is 1. The first-order valence-corrected chi connectivity index (χ1v) is 11.7. The van der Waals surface area contributed by atoms with Crippen molar-refractivity contribution >= 4 is 15.9 Å². The van der Waals surface area contributed by atoms with Gasteiger partial charge in [0, 0.05) is 23.7 Å². The molecule has 0 atom stereocenters. The van der Waals surface area contributed by atoms with Crippen molar-refractivity contribution in [2.75, 3.05) is 7.11 Å². The Morgan fingerprint density at radius 1 is 0.969 bits per heavy atom. The van der Waals surface area contributed by atoms with E-state index in [4.69, 9.17) is 9.47 Å². The molecule has 2 N–H and O–H groups in total. The molecule has 0 unspecified atom stereocenters. The largest absolute Gasteiger partial charge is 0.495 e. The second-order valence-electron chi connectivity index (χ2n) is 7.47. The molecule has 166 valence electrons. The molecule has 1 fully saturated rings. The number of nitrogens with one attached hydrogen (secondary N) is 2. The molecule has 0 saturated heterocycles. The summed E-state index contributed by atoms with van der Waals surface area (Å²) in [5.74, 6) is 1.12. The van der Waals surface area contributed by atoms with Gasteiger partial charge >= 0.3 is 0 Å². The summed E-state index contributed by atoms with van der Waals surface area (Å²) in [6.45, 7) is 0.219. The molecule has 7 nitrogen and oxygen atoms in total. The molecule has 0 spiro atoms. The first-order chi connectivity index (χ1) is 15.5. The molecule has 4 rings (SSSR count). The van der Waals surface area contributed by atoms with Crippen LogP contribution in [0.5, 0.6) is 17.2 Å². The molecule has 8 heteroatoms. The van der Waals surface area contributed by atoms with Crippen molar-refractivity contribution in [2.24, 2.45) is 0 Å². The third kappa shape index (κ3) is 5.27. The molecule has 3 aromatic carbocycles. The predicted molar refractivity (Wildman–Crippen MR) is 120 cm³/mol. The van der Waals surface area contributed by atoms with E-state index in [2.05, 4.69) is 10.0 Å². The molecule has 1 aliphatic carbocycles. The smallest absolute Gasteiger partial charge is 0.251 e. The molecular weight excluding hydrogens is 428 g/mol. The Morgan fingerprint density at radius 2 is 1.69 bits per heavy atom. The highest BCUT2D eigenvalue weighted by Gasteiger charge is 2.30. The number of hydrogen-bond acceptors (Lipinski definition) is 5. The Morgan fingerprint density at radius 3 is 2.41 bits per heavy atom. The maximum absolute atomic E-state index is 12.8. The van der Waals surface area contributed by atoms with Gasteiger partial charge in [-0.3, -0.25) is 4.79 Å². The maximum atomic E-state index is 12.8. The van der Waals surface area contributed by atoms with Gasteiger partial charge in [-0.1, -0.05) is 36.4 Å². The number of carbonyl (C=O) groups excluding carboxylic acids is 1. The van der Waals surface area contributed by atoms with Crippen molar-refractivity contribution in [2.45, 2.75) is 30.3 Å². The number of para-hydroxylation sites is 2. The van der Waals surface area contributed by atoms with Gasteiger partial charge in [-0.05, 0) is 49.2 Å². The summed E-state index contributed by atoms with van der Waals surface area (Å²) in [7, 11) is -2.38. The van der Waals surface area contributed by atoms with Crippen LogP contribution in [0.1, 0.15) is 28.8 Å². The van der Waals surface area contributed by atoms with Crippen LogP contribution in [0.2, 0.25) is 0 Å². The van der Waals surface area contributed by atoms with E-state index >= 15 is 0 Å². The molecule has 0 bridgehead atoms. The van der Waals surface area contributed by atoms with Crippen molar-refractivity contribution in [1.82, 2.24) is 10.0 Å². The fourth-order valence-electron chi connectivity index (χ4n) is 3.15. The Kier molecular flexibility index (Phi) is 6.43. The Labute approximate surface area is 187 Å². The minimum Gasteiger partial charge on any atom is -0.495 e. The van der Waals surface area contributed by atoms with Gasteiger partial charge in [0.1, 0.15) is 22.1 Å². The standard InChI is InChI=1S/C24H24N2O5S/c1-30-22-14-11-17(15-23(22)32(28,29)26-19-12-13-19)24(27)25-16-18-7-5-6-10-21(18)31-20-8-3-2-4-9-20/h2-11,14-15,19,26H,12-13,16H2,1H3,(H,25,27). The van der Waals surface area contributed by atoms with Crippen LogP contribution in [-0.4, -0.2) is 27.5 Å².